The number of hydrogen-bond donors (Lipinski definition) is 1. The number of rotatable bonds is 7. The summed E-state index contributed by atoms with van der Waals surface area (Å²) in [5.74, 6) is -0.159. The van der Waals surface area contributed by atoms with Crippen molar-refractivity contribution in [3.63, 3.8) is 0 Å². The van der Waals surface area contributed by atoms with Crippen LogP contribution >= 0.6 is 0 Å². The lowest BCUT2D eigenvalue weighted by molar-refractivity contribution is -0.121. The normalized spacial score (nSPS) is 9.88. The molecule has 2 aromatic rings. The Labute approximate surface area is 152 Å². The molecule has 0 spiro atoms. The minimum Gasteiger partial charge on any atom is -0.496 e. The van der Waals surface area contributed by atoms with Gasteiger partial charge in [0.15, 0.2) is 0 Å². The van der Waals surface area contributed by atoms with E-state index >= 15 is 0 Å². The van der Waals surface area contributed by atoms with Gasteiger partial charge in [-0.1, -0.05) is 18.2 Å². The fraction of sp³-hybridized carbons (Fsp3) is 0.250. The van der Waals surface area contributed by atoms with E-state index in [4.69, 9.17) is 14.7 Å². The first-order valence-electron chi connectivity index (χ1n) is 8.08. The molecule has 0 aromatic heterocycles. The number of ether oxygens (including phenoxy) is 2. The lowest BCUT2D eigenvalue weighted by atomic mass is 10.1. The first-order valence-corrected chi connectivity index (χ1v) is 8.08. The van der Waals surface area contributed by atoms with Crippen molar-refractivity contribution < 1.29 is 19.1 Å². The maximum Gasteiger partial charge on any atom is 0.341 e. The van der Waals surface area contributed by atoms with Crippen LogP contribution in [0, 0.1) is 11.3 Å². The predicted octanol–water partition coefficient (Wildman–Crippen LogP) is 2.60. The second-order valence-corrected chi connectivity index (χ2v) is 5.61. The zero-order valence-corrected chi connectivity index (χ0v) is 14.7. The van der Waals surface area contributed by atoms with Crippen LogP contribution in [-0.2, 0) is 22.5 Å². The Morgan fingerprint density at radius 2 is 1.77 bits per heavy atom. The Bertz CT molecular complexity index is 823. The molecule has 134 valence electrons. The minimum atomic E-state index is -0.490. The van der Waals surface area contributed by atoms with Crippen molar-refractivity contribution in [3.8, 4) is 11.8 Å². The number of aryl methyl sites for hydroxylation is 1. The summed E-state index contributed by atoms with van der Waals surface area (Å²) >= 11 is 0. The van der Waals surface area contributed by atoms with E-state index in [-0.39, 0.29) is 5.91 Å². The first kappa shape index (κ1) is 19.0. The molecule has 0 aliphatic carbocycles. The van der Waals surface area contributed by atoms with E-state index in [2.05, 4.69) is 11.4 Å². The summed E-state index contributed by atoms with van der Waals surface area (Å²) < 4.78 is 9.88. The topological polar surface area (TPSA) is 88.4 Å². The molecule has 0 radical (unpaired) electrons. The highest BCUT2D eigenvalue weighted by Crippen LogP contribution is 2.20. The van der Waals surface area contributed by atoms with Crippen molar-refractivity contribution in [2.75, 3.05) is 14.2 Å². The van der Waals surface area contributed by atoms with E-state index in [1.54, 1.807) is 30.3 Å². The van der Waals surface area contributed by atoms with Crippen LogP contribution in [0.1, 0.15) is 33.5 Å². The molecule has 1 amide bonds. The van der Waals surface area contributed by atoms with Gasteiger partial charge in [-0.15, -0.1) is 0 Å². The maximum absolute atomic E-state index is 12.0. The summed E-state index contributed by atoms with van der Waals surface area (Å²) in [6, 6.07) is 14.3. The summed E-state index contributed by atoms with van der Waals surface area (Å²) in [4.78, 5) is 23.8. The number of amides is 1. The monoisotopic (exact) mass is 352 g/mol. The van der Waals surface area contributed by atoms with Crippen LogP contribution in [-0.4, -0.2) is 26.1 Å². The fourth-order valence-electron chi connectivity index (χ4n) is 2.43. The molecule has 0 aliphatic rings. The summed E-state index contributed by atoms with van der Waals surface area (Å²) in [5, 5.41) is 11.6. The number of nitrogens with zero attached hydrogens (tertiary/aromatic N) is 1. The van der Waals surface area contributed by atoms with E-state index in [1.807, 2.05) is 12.1 Å². The van der Waals surface area contributed by atoms with Gasteiger partial charge in [-0.25, -0.2) is 4.79 Å². The van der Waals surface area contributed by atoms with Gasteiger partial charge in [0.05, 0.1) is 25.9 Å². The van der Waals surface area contributed by atoms with Crippen molar-refractivity contribution in [1.29, 1.82) is 5.26 Å². The SMILES string of the molecule is COC(=O)c1cc(CNC(=O)CCc2ccc(C#N)cc2)ccc1OC. The van der Waals surface area contributed by atoms with Crippen molar-refractivity contribution in [1.82, 2.24) is 5.32 Å². The van der Waals surface area contributed by atoms with Gasteiger partial charge in [-0.05, 0) is 41.8 Å². The Balaban J connectivity index is 1.90. The zero-order chi connectivity index (χ0) is 18.9. The summed E-state index contributed by atoms with van der Waals surface area (Å²) in [5.41, 5.74) is 2.69. The third kappa shape index (κ3) is 5.08. The Kier molecular flexibility index (Phi) is 6.75. The van der Waals surface area contributed by atoms with Gasteiger partial charge in [-0.2, -0.15) is 5.26 Å². The average Bonchev–Trinajstić information content (AvgIpc) is 2.70. The second-order valence-electron chi connectivity index (χ2n) is 5.61. The first-order chi connectivity index (χ1) is 12.6. The Morgan fingerprint density at radius 1 is 1.08 bits per heavy atom. The number of esters is 1. The molecule has 0 saturated heterocycles. The molecule has 6 heteroatoms. The maximum atomic E-state index is 12.0. The highest BCUT2D eigenvalue weighted by molar-refractivity contribution is 5.92. The van der Waals surface area contributed by atoms with Gasteiger partial charge in [-0.3, -0.25) is 4.79 Å². The molecular formula is C20H20N2O4. The predicted molar refractivity (Wildman–Crippen MR) is 95.7 cm³/mol. The lowest BCUT2D eigenvalue weighted by Crippen LogP contribution is -2.23. The van der Waals surface area contributed by atoms with E-state index in [0.29, 0.717) is 36.3 Å². The van der Waals surface area contributed by atoms with Crippen molar-refractivity contribution in [3.05, 3.63) is 64.7 Å². The fourth-order valence-corrected chi connectivity index (χ4v) is 2.43. The summed E-state index contributed by atoms with van der Waals surface area (Å²) in [6.07, 6.45) is 0.930. The second kappa shape index (κ2) is 9.23. The third-order valence-corrected chi connectivity index (χ3v) is 3.88. The van der Waals surface area contributed by atoms with E-state index in [9.17, 15) is 9.59 Å². The van der Waals surface area contributed by atoms with Gasteiger partial charge in [0.25, 0.3) is 0 Å². The highest BCUT2D eigenvalue weighted by atomic mass is 16.5. The zero-order valence-electron chi connectivity index (χ0n) is 14.7. The molecular weight excluding hydrogens is 332 g/mol. The lowest BCUT2D eigenvalue weighted by Gasteiger charge is -2.10. The third-order valence-electron chi connectivity index (χ3n) is 3.88. The molecule has 2 rings (SSSR count). The molecule has 0 saturated carbocycles. The van der Waals surface area contributed by atoms with Gasteiger partial charge < -0.3 is 14.8 Å². The number of carbonyl (C=O) groups excluding carboxylic acids is 2. The number of nitriles is 1. The molecule has 1 N–H and O–H groups in total. The van der Waals surface area contributed by atoms with Crippen molar-refractivity contribution in [2.45, 2.75) is 19.4 Å². The van der Waals surface area contributed by atoms with E-state index in [1.165, 1.54) is 14.2 Å². The van der Waals surface area contributed by atoms with Gasteiger partial charge in [0, 0.05) is 13.0 Å². The molecule has 0 atom stereocenters. The molecule has 2 aromatic carbocycles. The minimum absolute atomic E-state index is 0.0928. The standard InChI is InChI=1S/C20H20N2O4/c1-25-18-9-7-16(11-17(18)20(24)26-2)13-22-19(23)10-8-14-3-5-15(12-21)6-4-14/h3-7,9,11H,8,10,13H2,1-2H3,(H,22,23). The van der Waals surface area contributed by atoms with E-state index < -0.39 is 5.97 Å². The molecule has 0 bridgehead atoms. The van der Waals surface area contributed by atoms with Crippen LogP contribution in [0.3, 0.4) is 0 Å². The number of carbonyl (C=O) groups is 2. The van der Waals surface area contributed by atoms with Crippen LogP contribution in [0.5, 0.6) is 5.75 Å². The Morgan fingerprint density at radius 3 is 2.38 bits per heavy atom. The molecule has 26 heavy (non-hydrogen) atoms. The van der Waals surface area contributed by atoms with Crippen LogP contribution in [0.15, 0.2) is 42.5 Å². The van der Waals surface area contributed by atoms with Gasteiger partial charge >= 0.3 is 5.97 Å². The Hall–Kier alpha value is -3.33. The number of methoxy groups -OCH3 is 2. The summed E-state index contributed by atoms with van der Waals surface area (Å²) in [7, 11) is 2.78. The molecule has 6 nitrogen and oxygen atoms in total. The molecule has 0 heterocycles. The van der Waals surface area contributed by atoms with Crippen molar-refractivity contribution in [2.24, 2.45) is 0 Å². The van der Waals surface area contributed by atoms with E-state index in [0.717, 1.165) is 11.1 Å². The van der Waals surface area contributed by atoms with Crippen LogP contribution in [0.2, 0.25) is 0 Å². The number of benzene rings is 2. The summed E-state index contributed by atoms with van der Waals surface area (Å²) in [6.45, 7) is 0.306. The van der Waals surface area contributed by atoms with Crippen LogP contribution < -0.4 is 10.1 Å². The number of nitrogens with one attached hydrogen (secondary N) is 1. The molecule has 0 aliphatic heterocycles. The molecule has 0 unspecified atom stereocenters. The largest absolute Gasteiger partial charge is 0.496 e. The number of hydrogen-bond acceptors (Lipinski definition) is 5. The average molecular weight is 352 g/mol. The van der Waals surface area contributed by atoms with Crippen molar-refractivity contribution >= 4 is 11.9 Å². The smallest absolute Gasteiger partial charge is 0.341 e. The van der Waals surface area contributed by atoms with Crippen LogP contribution in [0.25, 0.3) is 0 Å². The molecule has 0 fully saturated rings. The van der Waals surface area contributed by atoms with Gasteiger partial charge in [0.2, 0.25) is 5.91 Å². The quantitative estimate of drug-likeness (QED) is 0.774. The van der Waals surface area contributed by atoms with Gasteiger partial charge in [0.1, 0.15) is 11.3 Å². The highest BCUT2D eigenvalue weighted by Gasteiger charge is 2.13. The van der Waals surface area contributed by atoms with Crippen LogP contribution in [0.4, 0.5) is 0 Å².